The van der Waals surface area contributed by atoms with Crippen molar-refractivity contribution in [2.24, 2.45) is 0 Å². The van der Waals surface area contributed by atoms with Gasteiger partial charge in [-0.1, -0.05) is 6.08 Å². The first-order valence-electron chi connectivity index (χ1n) is 7.60. The Kier molecular flexibility index (Phi) is 5.93. The molecule has 0 bridgehead atoms. The van der Waals surface area contributed by atoms with Crippen LogP contribution in [0, 0.1) is 17.1 Å². The number of hydrogen-bond acceptors (Lipinski definition) is 4. The summed E-state index contributed by atoms with van der Waals surface area (Å²) in [6, 6.07) is 6.53. The zero-order valence-corrected chi connectivity index (χ0v) is 12.7. The third kappa shape index (κ3) is 4.30. The lowest BCUT2D eigenvalue weighted by Crippen LogP contribution is -2.48. The molecule has 1 aliphatic rings. The highest BCUT2D eigenvalue weighted by atomic mass is 19.1. The third-order valence-electron chi connectivity index (χ3n) is 3.96. The summed E-state index contributed by atoms with van der Waals surface area (Å²) < 4.78 is 14.0. The maximum absolute atomic E-state index is 14.0. The van der Waals surface area contributed by atoms with Crippen LogP contribution >= 0.6 is 0 Å². The van der Waals surface area contributed by atoms with Crippen LogP contribution < -0.4 is 4.90 Å². The van der Waals surface area contributed by atoms with Crippen molar-refractivity contribution in [2.75, 3.05) is 37.6 Å². The van der Waals surface area contributed by atoms with E-state index >= 15 is 0 Å². The smallest absolute Gasteiger partial charge is 0.147 e. The van der Waals surface area contributed by atoms with E-state index in [1.54, 1.807) is 12.1 Å². The number of halogens is 1. The molecule has 0 aliphatic carbocycles. The van der Waals surface area contributed by atoms with Crippen LogP contribution in [0.5, 0.6) is 0 Å². The Morgan fingerprint density at radius 2 is 2.09 bits per heavy atom. The van der Waals surface area contributed by atoms with Crippen molar-refractivity contribution in [2.45, 2.75) is 18.9 Å². The van der Waals surface area contributed by atoms with Crippen LogP contribution in [-0.4, -0.2) is 48.8 Å². The number of anilines is 1. The lowest BCUT2D eigenvalue weighted by atomic mass is 10.1. The fourth-order valence-electron chi connectivity index (χ4n) is 2.70. The maximum atomic E-state index is 14.0. The first kappa shape index (κ1) is 16.5. The second-order valence-electron chi connectivity index (χ2n) is 5.59. The van der Waals surface area contributed by atoms with Gasteiger partial charge in [-0.15, -0.1) is 6.58 Å². The molecule has 0 radical (unpaired) electrons. The second-order valence-corrected chi connectivity index (χ2v) is 5.59. The summed E-state index contributed by atoms with van der Waals surface area (Å²) in [5.74, 6) is -0.349. The van der Waals surface area contributed by atoms with Crippen molar-refractivity contribution >= 4 is 5.69 Å². The molecule has 4 nitrogen and oxygen atoms in total. The highest BCUT2D eigenvalue weighted by molar-refractivity contribution is 5.51. The average molecular weight is 303 g/mol. The van der Waals surface area contributed by atoms with Gasteiger partial charge in [-0.2, -0.15) is 5.26 Å². The van der Waals surface area contributed by atoms with Gasteiger partial charge in [0.05, 0.1) is 23.4 Å². The molecule has 1 unspecified atom stereocenters. The van der Waals surface area contributed by atoms with Gasteiger partial charge in [0.2, 0.25) is 0 Å². The van der Waals surface area contributed by atoms with Gasteiger partial charge in [0.25, 0.3) is 0 Å². The number of aliphatic hydroxyl groups is 1. The van der Waals surface area contributed by atoms with Crippen LogP contribution in [0.1, 0.15) is 18.4 Å². The van der Waals surface area contributed by atoms with E-state index in [0.717, 1.165) is 39.0 Å². The Bertz CT molecular complexity index is 547. The van der Waals surface area contributed by atoms with E-state index in [0.29, 0.717) is 17.8 Å². The molecule has 22 heavy (non-hydrogen) atoms. The number of benzene rings is 1. The van der Waals surface area contributed by atoms with E-state index in [2.05, 4.69) is 11.5 Å². The molecular formula is C17H22FN3O. The lowest BCUT2D eigenvalue weighted by molar-refractivity contribution is 0.103. The summed E-state index contributed by atoms with van der Waals surface area (Å²) in [6.45, 7) is 7.34. The molecule has 1 atom stereocenters. The first-order valence-corrected chi connectivity index (χ1v) is 7.60. The van der Waals surface area contributed by atoms with Crippen molar-refractivity contribution in [3.05, 3.63) is 42.2 Å². The summed E-state index contributed by atoms with van der Waals surface area (Å²) in [5.41, 5.74) is 0.885. The van der Waals surface area contributed by atoms with E-state index in [1.807, 2.05) is 17.0 Å². The number of β-amino-alcohol motifs (C(OH)–C–C–N with tert-alkyl or cyclic N) is 1. The minimum atomic E-state index is -0.349. The van der Waals surface area contributed by atoms with E-state index in [4.69, 9.17) is 5.26 Å². The van der Waals surface area contributed by atoms with Gasteiger partial charge in [0, 0.05) is 32.7 Å². The van der Waals surface area contributed by atoms with E-state index < -0.39 is 0 Å². The molecule has 1 N–H and O–H groups in total. The number of rotatable bonds is 6. The van der Waals surface area contributed by atoms with Gasteiger partial charge < -0.3 is 10.0 Å². The van der Waals surface area contributed by atoms with Crippen LogP contribution in [0.4, 0.5) is 10.1 Å². The van der Waals surface area contributed by atoms with Crippen LogP contribution in [0.15, 0.2) is 30.9 Å². The highest BCUT2D eigenvalue weighted by Crippen LogP contribution is 2.22. The van der Waals surface area contributed by atoms with Gasteiger partial charge in [0.15, 0.2) is 0 Å². The molecule has 1 saturated heterocycles. The maximum Gasteiger partial charge on any atom is 0.147 e. The van der Waals surface area contributed by atoms with Crippen molar-refractivity contribution in [3.63, 3.8) is 0 Å². The molecule has 118 valence electrons. The fraction of sp³-hybridized carbons (Fsp3) is 0.471. The number of nitrogens with zero attached hydrogens (tertiary/aromatic N) is 3. The minimum absolute atomic E-state index is 0.337. The predicted octanol–water partition coefficient (Wildman–Crippen LogP) is 2.15. The number of aliphatic hydroxyl groups excluding tert-OH is 1. The van der Waals surface area contributed by atoms with Crippen LogP contribution in [0.3, 0.4) is 0 Å². The summed E-state index contributed by atoms with van der Waals surface area (Å²) in [6.07, 6.45) is 3.02. The molecule has 1 fully saturated rings. The minimum Gasteiger partial charge on any atom is -0.392 e. The van der Waals surface area contributed by atoms with E-state index in [1.165, 1.54) is 6.07 Å². The summed E-state index contributed by atoms with van der Waals surface area (Å²) in [4.78, 5) is 4.19. The van der Waals surface area contributed by atoms with E-state index in [-0.39, 0.29) is 11.9 Å². The molecule has 0 saturated carbocycles. The quantitative estimate of drug-likeness (QED) is 0.818. The molecular weight excluding hydrogens is 281 g/mol. The SMILES string of the molecule is C=CCCC(O)CN1CCN(c2ccc(C#N)cc2F)CC1. The summed E-state index contributed by atoms with van der Waals surface area (Å²) >= 11 is 0. The predicted molar refractivity (Wildman–Crippen MR) is 85.2 cm³/mol. The van der Waals surface area contributed by atoms with Crippen molar-refractivity contribution in [3.8, 4) is 6.07 Å². The van der Waals surface area contributed by atoms with Gasteiger partial charge in [-0.25, -0.2) is 4.39 Å². The fourth-order valence-corrected chi connectivity index (χ4v) is 2.70. The zero-order valence-electron chi connectivity index (χ0n) is 12.7. The normalized spacial score (nSPS) is 17.0. The topological polar surface area (TPSA) is 50.5 Å². The Hall–Kier alpha value is -1.90. The second kappa shape index (κ2) is 7.92. The zero-order chi connectivity index (χ0) is 15.9. The molecule has 5 heteroatoms. The molecule has 0 aromatic heterocycles. The average Bonchev–Trinajstić information content (AvgIpc) is 2.53. The molecule has 1 heterocycles. The summed E-state index contributed by atoms with van der Waals surface area (Å²) in [7, 11) is 0. The van der Waals surface area contributed by atoms with Gasteiger partial charge in [-0.05, 0) is 31.0 Å². The Balaban J connectivity index is 1.87. The van der Waals surface area contributed by atoms with Crippen LogP contribution in [0.25, 0.3) is 0 Å². The largest absolute Gasteiger partial charge is 0.392 e. The molecule has 0 amide bonds. The number of hydrogen-bond donors (Lipinski definition) is 1. The Morgan fingerprint density at radius 3 is 2.68 bits per heavy atom. The number of piperazine rings is 1. The van der Waals surface area contributed by atoms with Gasteiger partial charge in [0.1, 0.15) is 5.82 Å². The van der Waals surface area contributed by atoms with E-state index in [9.17, 15) is 9.50 Å². The first-order chi connectivity index (χ1) is 10.6. The van der Waals surface area contributed by atoms with Crippen LogP contribution in [0.2, 0.25) is 0 Å². The lowest BCUT2D eigenvalue weighted by Gasteiger charge is -2.37. The van der Waals surface area contributed by atoms with Crippen molar-refractivity contribution < 1.29 is 9.50 Å². The molecule has 1 aliphatic heterocycles. The van der Waals surface area contributed by atoms with Crippen molar-refractivity contribution in [1.29, 1.82) is 5.26 Å². The molecule has 0 spiro atoms. The molecule has 1 aromatic rings. The van der Waals surface area contributed by atoms with Gasteiger partial charge >= 0.3 is 0 Å². The monoisotopic (exact) mass is 303 g/mol. The molecule has 2 rings (SSSR count). The Labute approximate surface area is 131 Å². The third-order valence-corrected chi connectivity index (χ3v) is 3.96. The Morgan fingerprint density at radius 1 is 1.36 bits per heavy atom. The standard InChI is InChI=1S/C17H22FN3O/c1-2-3-4-15(22)13-20-7-9-21(10-8-20)17-6-5-14(12-19)11-16(17)18/h2,5-6,11,15,22H,1,3-4,7-10,13H2. The van der Waals surface area contributed by atoms with Crippen molar-refractivity contribution in [1.82, 2.24) is 4.90 Å². The summed E-state index contributed by atoms with van der Waals surface area (Å²) in [5, 5.41) is 18.7. The van der Waals surface area contributed by atoms with Gasteiger partial charge in [-0.3, -0.25) is 4.90 Å². The number of nitriles is 1. The number of allylic oxidation sites excluding steroid dienone is 1. The molecule has 1 aromatic carbocycles. The highest BCUT2D eigenvalue weighted by Gasteiger charge is 2.21. The van der Waals surface area contributed by atoms with Crippen LogP contribution in [-0.2, 0) is 0 Å².